The summed E-state index contributed by atoms with van der Waals surface area (Å²) >= 11 is 0. The van der Waals surface area contributed by atoms with Gasteiger partial charge in [-0.05, 0) is 29.4 Å². The second kappa shape index (κ2) is 7.01. The predicted molar refractivity (Wildman–Crippen MR) is 110 cm³/mol. The van der Waals surface area contributed by atoms with Gasteiger partial charge >= 0.3 is 0 Å². The van der Waals surface area contributed by atoms with Crippen molar-refractivity contribution in [2.24, 2.45) is 16.4 Å². The minimum atomic E-state index is -0.297. The molecular weight excluding hydrogens is 348 g/mol. The maximum atomic E-state index is 12.9. The van der Waals surface area contributed by atoms with Gasteiger partial charge in [-0.3, -0.25) is 9.59 Å². The number of rotatable bonds is 4. The molecule has 0 radical (unpaired) electrons. The highest BCUT2D eigenvalue weighted by Gasteiger charge is 2.60. The van der Waals surface area contributed by atoms with E-state index < -0.39 is 0 Å². The number of nitrogens with one attached hydrogen (secondary N) is 1. The van der Waals surface area contributed by atoms with E-state index in [-0.39, 0.29) is 28.4 Å². The smallest absolute Gasteiger partial charge is 0.244 e. The summed E-state index contributed by atoms with van der Waals surface area (Å²) in [5.74, 6) is -0.0384. The van der Waals surface area contributed by atoms with Crippen molar-refractivity contribution in [2.75, 3.05) is 0 Å². The van der Waals surface area contributed by atoms with Gasteiger partial charge in [0.15, 0.2) is 0 Å². The van der Waals surface area contributed by atoms with Gasteiger partial charge < -0.3 is 0 Å². The molecule has 2 fully saturated rings. The van der Waals surface area contributed by atoms with Crippen molar-refractivity contribution in [1.29, 1.82) is 0 Å². The van der Waals surface area contributed by atoms with Gasteiger partial charge in [0, 0.05) is 24.0 Å². The van der Waals surface area contributed by atoms with Crippen LogP contribution in [0.4, 0.5) is 0 Å². The second-order valence-electron chi connectivity index (χ2n) is 8.85. The SMILES string of the molecule is CC1(C)CC(=O)CC(=NNC(=O)[C@@H]2CC2(c2ccccc2)c2ccccc2)C1. The molecule has 28 heavy (non-hydrogen) atoms. The Morgan fingerprint density at radius 2 is 1.54 bits per heavy atom. The summed E-state index contributed by atoms with van der Waals surface area (Å²) in [7, 11) is 0. The summed E-state index contributed by atoms with van der Waals surface area (Å²) in [4.78, 5) is 24.9. The fourth-order valence-corrected chi connectivity index (χ4v) is 4.65. The first-order valence-corrected chi connectivity index (χ1v) is 9.89. The number of amides is 1. The van der Waals surface area contributed by atoms with E-state index in [1.165, 1.54) is 0 Å². The van der Waals surface area contributed by atoms with Gasteiger partial charge in [-0.25, -0.2) is 5.43 Å². The van der Waals surface area contributed by atoms with Crippen LogP contribution in [0.1, 0.15) is 50.7 Å². The number of hydrazone groups is 1. The molecule has 0 bridgehead atoms. The van der Waals surface area contributed by atoms with Gasteiger partial charge in [0.05, 0.1) is 5.92 Å². The van der Waals surface area contributed by atoms with Crippen LogP contribution in [0.3, 0.4) is 0 Å². The van der Waals surface area contributed by atoms with Crippen LogP contribution in [0, 0.1) is 11.3 Å². The van der Waals surface area contributed by atoms with E-state index in [1.807, 2.05) is 36.4 Å². The fourth-order valence-electron chi connectivity index (χ4n) is 4.65. The molecule has 0 heterocycles. The second-order valence-corrected chi connectivity index (χ2v) is 8.85. The van der Waals surface area contributed by atoms with Crippen LogP contribution in [-0.4, -0.2) is 17.4 Å². The number of hydrogen-bond acceptors (Lipinski definition) is 3. The Morgan fingerprint density at radius 3 is 2.07 bits per heavy atom. The monoisotopic (exact) mass is 374 g/mol. The average Bonchev–Trinajstić information content (AvgIpc) is 3.43. The van der Waals surface area contributed by atoms with E-state index in [0.717, 1.165) is 29.7 Å². The number of benzene rings is 2. The first kappa shape index (κ1) is 18.6. The summed E-state index contributed by atoms with van der Waals surface area (Å²) < 4.78 is 0. The molecule has 0 aliphatic heterocycles. The lowest BCUT2D eigenvalue weighted by Gasteiger charge is -2.29. The van der Waals surface area contributed by atoms with Crippen LogP contribution in [0.15, 0.2) is 65.8 Å². The van der Waals surface area contributed by atoms with Gasteiger partial charge in [0.25, 0.3) is 0 Å². The molecule has 4 nitrogen and oxygen atoms in total. The molecule has 1 atom stereocenters. The van der Waals surface area contributed by atoms with Crippen LogP contribution < -0.4 is 5.43 Å². The Labute approximate surface area is 166 Å². The Bertz CT molecular complexity index is 877. The third-order valence-electron chi connectivity index (χ3n) is 5.94. The van der Waals surface area contributed by atoms with Gasteiger partial charge in [0.1, 0.15) is 5.78 Å². The Morgan fingerprint density at radius 1 is 0.964 bits per heavy atom. The number of hydrogen-bond donors (Lipinski definition) is 1. The van der Waals surface area contributed by atoms with Gasteiger partial charge in [-0.1, -0.05) is 74.5 Å². The first-order valence-electron chi connectivity index (χ1n) is 9.89. The standard InChI is InChI=1S/C24H26N2O2/c1-23(2)14-19(13-20(27)15-23)25-26-22(28)21-16-24(21,17-9-5-3-6-10-17)18-11-7-4-8-12-18/h3-12,21H,13-16H2,1-2H3,(H,26,28)/t21-/m0/s1. The largest absolute Gasteiger partial charge is 0.299 e. The molecular formula is C24H26N2O2. The number of carbonyl (C=O) groups is 2. The lowest BCUT2D eigenvalue weighted by molar-refractivity contribution is -0.123. The summed E-state index contributed by atoms with van der Waals surface area (Å²) in [6.45, 7) is 4.14. The summed E-state index contributed by atoms with van der Waals surface area (Å²) in [6.07, 6.45) is 2.43. The van der Waals surface area contributed by atoms with Crippen LogP contribution in [-0.2, 0) is 15.0 Å². The van der Waals surface area contributed by atoms with Crippen LogP contribution in [0.5, 0.6) is 0 Å². The van der Waals surface area contributed by atoms with Crippen molar-refractivity contribution in [3.8, 4) is 0 Å². The van der Waals surface area contributed by atoms with Crippen molar-refractivity contribution >= 4 is 17.4 Å². The number of nitrogens with zero attached hydrogens (tertiary/aromatic N) is 1. The Kier molecular flexibility index (Phi) is 4.66. The molecule has 4 rings (SSSR count). The quantitative estimate of drug-likeness (QED) is 0.814. The molecule has 2 aliphatic carbocycles. The minimum Gasteiger partial charge on any atom is -0.299 e. The Balaban J connectivity index is 1.55. The maximum Gasteiger partial charge on any atom is 0.244 e. The van der Waals surface area contributed by atoms with Crippen molar-refractivity contribution in [3.63, 3.8) is 0 Å². The summed E-state index contributed by atoms with van der Waals surface area (Å²) in [6, 6.07) is 20.4. The van der Waals surface area contributed by atoms with Gasteiger partial charge in [0.2, 0.25) is 5.91 Å². The zero-order valence-corrected chi connectivity index (χ0v) is 16.4. The Hall–Kier alpha value is -2.75. The third-order valence-corrected chi connectivity index (χ3v) is 5.94. The molecule has 1 amide bonds. The number of ketones is 1. The third kappa shape index (κ3) is 3.51. The highest BCUT2D eigenvalue weighted by Crippen LogP contribution is 2.58. The molecule has 2 aliphatic rings. The topological polar surface area (TPSA) is 58.5 Å². The highest BCUT2D eigenvalue weighted by atomic mass is 16.2. The summed E-state index contributed by atoms with van der Waals surface area (Å²) in [5.41, 5.74) is 5.47. The number of Topliss-reactive ketones (excluding diaryl/α,β-unsaturated/α-hetero) is 1. The van der Waals surface area contributed by atoms with Gasteiger partial charge in [-0.2, -0.15) is 5.10 Å². The predicted octanol–water partition coefficient (Wildman–Crippen LogP) is 4.24. The van der Waals surface area contributed by atoms with E-state index in [2.05, 4.69) is 48.6 Å². The van der Waals surface area contributed by atoms with Crippen molar-refractivity contribution < 1.29 is 9.59 Å². The van der Waals surface area contributed by atoms with Gasteiger partial charge in [-0.15, -0.1) is 0 Å². The lowest BCUT2D eigenvalue weighted by atomic mass is 9.76. The fraction of sp³-hybridized carbons (Fsp3) is 0.375. The van der Waals surface area contributed by atoms with Crippen molar-refractivity contribution in [3.05, 3.63) is 71.8 Å². The number of carbonyl (C=O) groups excluding carboxylic acids is 2. The molecule has 144 valence electrons. The minimum absolute atomic E-state index is 0.0731. The van der Waals surface area contributed by atoms with E-state index in [9.17, 15) is 9.59 Å². The summed E-state index contributed by atoms with van der Waals surface area (Å²) in [5, 5.41) is 4.34. The van der Waals surface area contributed by atoms with Crippen LogP contribution >= 0.6 is 0 Å². The molecule has 0 aromatic heterocycles. The van der Waals surface area contributed by atoms with E-state index >= 15 is 0 Å². The molecule has 2 aromatic carbocycles. The molecule has 2 saturated carbocycles. The molecule has 4 heteroatoms. The van der Waals surface area contributed by atoms with E-state index in [1.54, 1.807) is 0 Å². The zero-order chi connectivity index (χ0) is 19.8. The van der Waals surface area contributed by atoms with Crippen LogP contribution in [0.2, 0.25) is 0 Å². The first-order chi connectivity index (χ1) is 13.4. The zero-order valence-electron chi connectivity index (χ0n) is 16.4. The maximum absolute atomic E-state index is 12.9. The highest BCUT2D eigenvalue weighted by molar-refractivity contribution is 6.05. The molecule has 0 saturated heterocycles. The van der Waals surface area contributed by atoms with Crippen LogP contribution in [0.25, 0.3) is 0 Å². The van der Waals surface area contributed by atoms with Crippen molar-refractivity contribution in [1.82, 2.24) is 5.43 Å². The molecule has 0 spiro atoms. The van der Waals surface area contributed by atoms with Crippen molar-refractivity contribution in [2.45, 2.75) is 44.9 Å². The lowest BCUT2D eigenvalue weighted by Crippen LogP contribution is -2.32. The van der Waals surface area contributed by atoms with E-state index in [0.29, 0.717) is 12.8 Å². The average molecular weight is 374 g/mol. The molecule has 0 unspecified atom stereocenters. The normalized spacial score (nSPS) is 24.0. The molecule has 2 aromatic rings. The van der Waals surface area contributed by atoms with E-state index in [4.69, 9.17) is 0 Å². The molecule has 1 N–H and O–H groups in total.